The molecule has 0 bridgehead atoms. The lowest BCUT2D eigenvalue weighted by atomic mass is 9.87. The van der Waals surface area contributed by atoms with Gasteiger partial charge in [0.05, 0.1) is 13.2 Å². The largest absolute Gasteiger partial charge is 0.497 e. The highest BCUT2D eigenvalue weighted by Crippen LogP contribution is 2.23. The Labute approximate surface area is 97.0 Å². The van der Waals surface area contributed by atoms with Crippen molar-refractivity contribution in [3.8, 4) is 11.8 Å². The first-order valence-corrected chi connectivity index (χ1v) is 5.27. The second-order valence-electron chi connectivity index (χ2n) is 4.80. The minimum absolute atomic E-state index is 0.0886. The summed E-state index contributed by atoms with van der Waals surface area (Å²) < 4.78 is 5.07. The first kappa shape index (κ1) is 12.4. The molecule has 0 aliphatic carbocycles. The van der Waals surface area contributed by atoms with Gasteiger partial charge in [-0.3, -0.25) is 0 Å². The monoisotopic (exact) mass is 218 g/mol. The zero-order valence-corrected chi connectivity index (χ0v) is 10.2. The fraction of sp³-hybridized carbons (Fsp3) is 0.462. The molecule has 1 aromatic carbocycles. The number of rotatable bonds is 3. The van der Waals surface area contributed by atoms with Crippen molar-refractivity contribution in [2.24, 2.45) is 5.41 Å². The molecule has 0 spiro atoms. The minimum Gasteiger partial charge on any atom is -0.497 e. The highest BCUT2D eigenvalue weighted by Gasteiger charge is 2.23. The number of nitrogens with zero attached hydrogens (tertiary/aromatic N) is 1. The van der Waals surface area contributed by atoms with Crippen LogP contribution in [-0.2, 0) is 0 Å². The molecule has 1 atom stereocenters. The zero-order valence-electron chi connectivity index (χ0n) is 10.2. The summed E-state index contributed by atoms with van der Waals surface area (Å²) in [5.41, 5.74) is 0.844. The Morgan fingerprint density at radius 2 is 1.81 bits per heavy atom. The summed E-state index contributed by atoms with van der Waals surface area (Å²) >= 11 is 0. The number of nitriles is 1. The second-order valence-corrected chi connectivity index (χ2v) is 4.80. The molecular formula is C13H18N2O. The summed E-state index contributed by atoms with van der Waals surface area (Å²) in [6, 6.07) is 9.64. The molecule has 3 heteroatoms. The number of hydrogen-bond donors (Lipinski definition) is 1. The van der Waals surface area contributed by atoms with Gasteiger partial charge in [-0.05, 0) is 29.7 Å². The van der Waals surface area contributed by atoms with Gasteiger partial charge in [-0.1, -0.05) is 20.8 Å². The summed E-state index contributed by atoms with van der Waals surface area (Å²) in [5.74, 6) is 0.815. The average molecular weight is 218 g/mol. The molecule has 0 saturated carbocycles. The maximum absolute atomic E-state index is 9.09. The van der Waals surface area contributed by atoms with E-state index in [0.29, 0.717) is 0 Å². The Balaban J connectivity index is 2.76. The average Bonchev–Trinajstić information content (AvgIpc) is 2.25. The smallest absolute Gasteiger partial charge is 0.119 e. The van der Waals surface area contributed by atoms with Crippen LogP contribution in [0, 0.1) is 16.7 Å². The Morgan fingerprint density at radius 1 is 1.25 bits per heavy atom. The van der Waals surface area contributed by atoms with Crippen LogP contribution in [0.5, 0.6) is 5.75 Å². The third kappa shape index (κ3) is 3.16. The van der Waals surface area contributed by atoms with E-state index in [0.717, 1.165) is 11.4 Å². The van der Waals surface area contributed by atoms with E-state index in [1.165, 1.54) is 0 Å². The molecule has 3 nitrogen and oxygen atoms in total. The first-order valence-electron chi connectivity index (χ1n) is 5.27. The van der Waals surface area contributed by atoms with Crippen molar-refractivity contribution in [1.82, 2.24) is 0 Å². The lowest BCUT2D eigenvalue weighted by Crippen LogP contribution is -2.32. The maximum Gasteiger partial charge on any atom is 0.119 e. The summed E-state index contributed by atoms with van der Waals surface area (Å²) in [4.78, 5) is 0. The molecule has 0 saturated heterocycles. The van der Waals surface area contributed by atoms with E-state index < -0.39 is 0 Å². The number of methoxy groups -OCH3 is 1. The number of hydrogen-bond acceptors (Lipinski definition) is 3. The normalized spacial score (nSPS) is 12.7. The van der Waals surface area contributed by atoms with Crippen LogP contribution in [0.15, 0.2) is 24.3 Å². The molecule has 0 amide bonds. The highest BCUT2D eigenvalue weighted by molar-refractivity contribution is 5.48. The van der Waals surface area contributed by atoms with Gasteiger partial charge in [0.1, 0.15) is 11.8 Å². The van der Waals surface area contributed by atoms with Crippen molar-refractivity contribution in [2.75, 3.05) is 12.4 Å². The fourth-order valence-electron chi connectivity index (χ4n) is 1.30. The van der Waals surface area contributed by atoms with E-state index in [1.807, 2.05) is 45.0 Å². The molecule has 16 heavy (non-hydrogen) atoms. The Morgan fingerprint density at radius 3 is 2.19 bits per heavy atom. The Hall–Kier alpha value is -1.69. The Bertz CT molecular complexity index is 370. The van der Waals surface area contributed by atoms with Crippen molar-refractivity contribution in [3.05, 3.63) is 24.3 Å². The van der Waals surface area contributed by atoms with Crippen LogP contribution in [0.4, 0.5) is 5.69 Å². The predicted octanol–water partition coefficient (Wildman–Crippen LogP) is 3.05. The molecule has 0 fully saturated rings. The summed E-state index contributed by atoms with van der Waals surface area (Å²) in [6.45, 7) is 6.12. The van der Waals surface area contributed by atoms with Gasteiger partial charge >= 0.3 is 0 Å². The number of nitrogens with one attached hydrogen (secondary N) is 1. The highest BCUT2D eigenvalue weighted by atomic mass is 16.5. The van der Waals surface area contributed by atoms with Gasteiger partial charge in [0, 0.05) is 5.69 Å². The van der Waals surface area contributed by atoms with E-state index in [1.54, 1.807) is 7.11 Å². The van der Waals surface area contributed by atoms with Gasteiger partial charge in [0.2, 0.25) is 0 Å². The van der Waals surface area contributed by atoms with Gasteiger partial charge in [0.25, 0.3) is 0 Å². The molecule has 0 heterocycles. The molecule has 1 rings (SSSR count). The quantitative estimate of drug-likeness (QED) is 0.848. The van der Waals surface area contributed by atoms with Crippen molar-refractivity contribution in [2.45, 2.75) is 26.8 Å². The molecule has 0 aliphatic rings. The van der Waals surface area contributed by atoms with E-state index >= 15 is 0 Å². The van der Waals surface area contributed by atoms with Crippen molar-refractivity contribution in [3.63, 3.8) is 0 Å². The molecule has 86 valence electrons. The van der Waals surface area contributed by atoms with Crippen LogP contribution in [-0.4, -0.2) is 13.2 Å². The number of anilines is 1. The zero-order chi connectivity index (χ0) is 12.2. The minimum atomic E-state index is -0.208. The molecule has 1 aromatic rings. The van der Waals surface area contributed by atoms with E-state index in [4.69, 9.17) is 10.00 Å². The second kappa shape index (κ2) is 4.89. The first-order chi connectivity index (χ1) is 7.47. The maximum atomic E-state index is 9.09. The van der Waals surface area contributed by atoms with Crippen molar-refractivity contribution < 1.29 is 4.74 Å². The SMILES string of the molecule is COc1ccc(NC(C#N)C(C)(C)C)cc1. The van der Waals surface area contributed by atoms with Crippen LogP contribution in [0.1, 0.15) is 20.8 Å². The van der Waals surface area contributed by atoms with Gasteiger partial charge < -0.3 is 10.1 Å². The topological polar surface area (TPSA) is 45.0 Å². The van der Waals surface area contributed by atoms with E-state index in [9.17, 15) is 0 Å². The fourth-order valence-corrected chi connectivity index (χ4v) is 1.30. The number of ether oxygens (including phenoxy) is 1. The molecule has 0 aromatic heterocycles. The predicted molar refractivity (Wildman–Crippen MR) is 65.5 cm³/mol. The lowest BCUT2D eigenvalue weighted by molar-refractivity contribution is 0.390. The standard InChI is InChI=1S/C13H18N2O/c1-13(2,3)12(9-14)15-10-5-7-11(16-4)8-6-10/h5-8,12,15H,1-4H3. The van der Waals surface area contributed by atoms with Gasteiger partial charge in [-0.15, -0.1) is 0 Å². The molecule has 1 N–H and O–H groups in total. The van der Waals surface area contributed by atoms with E-state index in [2.05, 4.69) is 11.4 Å². The summed E-state index contributed by atoms with van der Waals surface area (Å²) in [7, 11) is 1.63. The van der Waals surface area contributed by atoms with E-state index in [-0.39, 0.29) is 11.5 Å². The van der Waals surface area contributed by atoms with Crippen LogP contribution in [0.25, 0.3) is 0 Å². The molecular weight excluding hydrogens is 200 g/mol. The lowest BCUT2D eigenvalue weighted by Gasteiger charge is -2.26. The Kier molecular flexibility index (Phi) is 3.78. The number of benzene rings is 1. The molecule has 0 aliphatic heterocycles. The summed E-state index contributed by atoms with van der Waals surface area (Å²) in [5, 5.41) is 12.3. The van der Waals surface area contributed by atoms with Gasteiger partial charge in [-0.2, -0.15) is 5.26 Å². The third-order valence-electron chi connectivity index (χ3n) is 2.40. The molecule has 0 radical (unpaired) electrons. The molecule has 1 unspecified atom stereocenters. The van der Waals surface area contributed by atoms with Crippen LogP contribution in [0.2, 0.25) is 0 Å². The van der Waals surface area contributed by atoms with Crippen LogP contribution >= 0.6 is 0 Å². The summed E-state index contributed by atoms with van der Waals surface area (Å²) in [6.07, 6.45) is 0. The van der Waals surface area contributed by atoms with Crippen molar-refractivity contribution >= 4 is 5.69 Å². The van der Waals surface area contributed by atoms with Gasteiger partial charge in [-0.25, -0.2) is 0 Å². The third-order valence-corrected chi connectivity index (χ3v) is 2.40. The van der Waals surface area contributed by atoms with Crippen LogP contribution in [0.3, 0.4) is 0 Å². The van der Waals surface area contributed by atoms with Crippen LogP contribution < -0.4 is 10.1 Å². The van der Waals surface area contributed by atoms with Gasteiger partial charge in [0.15, 0.2) is 0 Å². The van der Waals surface area contributed by atoms with Crippen molar-refractivity contribution in [1.29, 1.82) is 5.26 Å².